The molecule has 1 atom stereocenters. The van der Waals surface area contributed by atoms with Gasteiger partial charge in [0.05, 0.1) is 17.4 Å². The molecule has 1 aromatic heterocycles. The molecule has 0 aliphatic carbocycles. The molecule has 4 nitrogen and oxygen atoms in total. The van der Waals surface area contributed by atoms with E-state index >= 15 is 0 Å². The zero-order chi connectivity index (χ0) is 16.0. The van der Waals surface area contributed by atoms with Gasteiger partial charge in [-0.3, -0.25) is 4.79 Å². The Kier molecular flexibility index (Phi) is 3.01. The number of hydrogen-bond donors (Lipinski definition) is 0. The van der Waals surface area contributed by atoms with Gasteiger partial charge in [0.15, 0.2) is 5.75 Å². The molecule has 3 aromatic rings. The van der Waals surface area contributed by atoms with Crippen LogP contribution in [0.2, 0.25) is 0 Å². The number of halogens is 1. The van der Waals surface area contributed by atoms with Crippen molar-refractivity contribution >= 4 is 16.9 Å². The maximum absolute atomic E-state index is 14.2. The van der Waals surface area contributed by atoms with Crippen molar-refractivity contribution in [2.24, 2.45) is 0 Å². The number of para-hydroxylation sites is 1. The standard InChI is InChI=1S/C18H11FO4/c19-13-7-3-1-5-10(13)12-9-15(20)23-17-11-6-2-4-8-14(11)22-18(21)16(12)17/h1-8,12H,9H2/t12-/m0/s1. The molecule has 0 saturated carbocycles. The van der Waals surface area contributed by atoms with E-state index in [4.69, 9.17) is 9.15 Å². The summed E-state index contributed by atoms with van der Waals surface area (Å²) in [7, 11) is 0. The molecule has 0 bridgehead atoms. The number of esters is 1. The molecule has 1 aliphatic rings. The highest BCUT2D eigenvalue weighted by molar-refractivity contribution is 5.90. The first kappa shape index (κ1) is 13.7. The van der Waals surface area contributed by atoms with Crippen molar-refractivity contribution in [3.63, 3.8) is 0 Å². The summed E-state index contributed by atoms with van der Waals surface area (Å²) < 4.78 is 24.8. The summed E-state index contributed by atoms with van der Waals surface area (Å²) in [6, 6.07) is 12.9. The van der Waals surface area contributed by atoms with Crippen molar-refractivity contribution in [3.05, 3.63) is 75.9 Å². The van der Waals surface area contributed by atoms with Crippen LogP contribution in [0, 0.1) is 5.82 Å². The lowest BCUT2D eigenvalue weighted by molar-refractivity contribution is -0.135. The molecule has 0 fully saturated rings. The number of hydrogen-bond acceptors (Lipinski definition) is 4. The summed E-state index contributed by atoms with van der Waals surface area (Å²) >= 11 is 0. The number of carbonyl (C=O) groups excluding carboxylic acids is 1. The Balaban J connectivity index is 2.05. The van der Waals surface area contributed by atoms with Gasteiger partial charge in [0.2, 0.25) is 0 Å². The summed E-state index contributed by atoms with van der Waals surface area (Å²) in [5.41, 5.74) is 0.194. The lowest BCUT2D eigenvalue weighted by atomic mass is 9.86. The predicted octanol–water partition coefficient (Wildman–Crippen LogP) is 3.37. The maximum atomic E-state index is 14.2. The Morgan fingerprint density at radius 1 is 1.00 bits per heavy atom. The van der Waals surface area contributed by atoms with E-state index in [1.54, 1.807) is 42.5 Å². The smallest absolute Gasteiger partial charge is 0.343 e. The molecule has 2 aromatic carbocycles. The summed E-state index contributed by atoms with van der Waals surface area (Å²) in [6.07, 6.45) is -0.100. The Morgan fingerprint density at radius 2 is 1.74 bits per heavy atom. The van der Waals surface area contributed by atoms with Crippen LogP contribution in [0.25, 0.3) is 11.0 Å². The fraction of sp³-hybridized carbons (Fsp3) is 0.111. The van der Waals surface area contributed by atoms with Gasteiger partial charge in [0, 0.05) is 5.92 Å². The van der Waals surface area contributed by atoms with E-state index in [9.17, 15) is 14.0 Å². The second-order valence-corrected chi connectivity index (χ2v) is 5.38. The largest absolute Gasteiger partial charge is 0.425 e. The summed E-state index contributed by atoms with van der Waals surface area (Å²) in [6.45, 7) is 0. The first-order valence-corrected chi connectivity index (χ1v) is 7.16. The van der Waals surface area contributed by atoms with Crippen molar-refractivity contribution in [1.82, 2.24) is 0 Å². The number of rotatable bonds is 1. The third kappa shape index (κ3) is 2.12. The fourth-order valence-electron chi connectivity index (χ4n) is 2.99. The zero-order valence-electron chi connectivity index (χ0n) is 11.9. The van der Waals surface area contributed by atoms with Gasteiger partial charge in [-0.05, 0) is 23.8 Å². The molecule has 0 radical (unpaired) electrons. The molecule has 5 heteroatoms. The van der Waals surface area contributed by atoms with Crippen LogP contribution >= 0.6 is 0 Å². The van der Waals surface area contributed by atoms with Crippen LogP contribution in [0.5, 0.6) is 5.75 Å². The molecule has 0 amide bonds. The van der Waals surface area contributed by atoms with Crippen LogP contribution < -0.4 is 10.4 Å². The highest BCUT2D eigenvalue weighted by atomic mass is 19.1. The molecule has 23 heavy (non-hydrogen) atoms. The molecule has 0 unspecified atom stereocenters. The fourth-order valence-corrected chi connectivity index (χ4v) is 2.99. The maximum Gasteiger partial charge on any atom is 0.343 e. The second kappa shape index (κ2) is 5.05. The first-order valence-electron chi connectivity index (χ1n) is 7.16. The Labute approximate surface area is 130 Å². The van der Waals surface area contributed by atoms with E-state index in [2.05, 4.69) is 0 Å². The summed E-state index contributed by atoms with van der Waals surface area (Å²) in [5.74, 6) is -1.51. The average Bonchev–Trinajstić information content (AvgIpc) is 2.54. The van der Waals surface area contributed by atoms with Crippen LogP contribution in [-0.4, -0.2) is 5.97 Å². The normalized spacial score (nSPS) is 16.9. The van der Waals surface area contributed by atoms with E-state index < -0.39 is 23.3 Å². The van der Waals surface area contributed by atoms with Gasteiger partial charge < -0.3 is 9.15 Å². The lowest BCUT2D eigenvalue weighted by Crippen LogP contribution is -2.27. The first-order chi connectivity index (χ1) is 11.1. The predicted molar refractivity (Wildman–Crippen MR) is 81.0 cm³/mol. The Bertz CT molecular complexity index is 990. The third-order valence-electron chi connectivity index (χ3n) is 4.01. The summed E-state index contributed by atoms with van der Waals surface area (Å²) in [4.78, 5) is 24.4. The molecule has 0 spiro atoms. The Morgan fingerprint density at radius 3 is 2.57 bits per heavy atom. The van der Waals surface area contributed by atoms with Crippen molar-refractivity contribution < 1.29 is 18.3 Å². The zero-order valence-corrected chi connectivity index (χ0v) is 11.9. The third-order valence-corrected chi connectivity index (χ3v) is 4.01. The van der Waals surface area contributed by atoms with Gasteiger partial charge in [-0.25, -0.2) is 9.18 Å². The number of carbonyl (C=O) groups is 1. The van der Waals surface area contributed by atoms with Crippen molar-refractivity contribution in [2.75, 3.05) is 0 Å². The molecule has 4 rings (SSSR count). The van der Waals surface area contributed by atoms with E-state index in [1.165, 1.54) is 6.07 Å². The highest BCUT2D eigenvalue weighted by Gasteiger charge is 2.34. The van der Waals surface area contributed by atoms with Crippen LogP contribution in [0.4, 0.5) is 4.39 Å². The minimum absolute atomic E-state index is 0.100. The van der Waals surface area contributed by atoms with Gasteiger partial charge in [-0.15, -0.1) is 0 Å². The van der Waals surface area contributed by atoms with Crippen molar-refractivity contribution in [2.45, 2.75) is 12.3 Å². The molecule has 114 valence electrons. The molecule has 0 saturated heterocycles. The number of fused-ring (bicyclic) bond motifs is 3. The monoisotopic (exact) mass is 310 g/mol. The minimum Gasteiger partial charge on any atom is -0.425 e. The van der Waals surface area contributed by atoms with E-state index in [1.807, 2.05) is 0 Å². The van der Waals surface area contributed by atoms with Crippen molar-refractivity contribution in [1.29, 1.82) is 0 Å². The summed E-state index contributed by atoms with van der Waals surface area (Å²) in [5, 5.41) is 0.525. The van der Waals surface area contributed by atoms with E-state index in [-0.39, 0.29) is 23.3 Å². The molecule has 1 aliphatic heterocycles. The van der Waals surface area contributed by atoms with E-state index in [0.717, 1.165) is 0 Å². The van der Waals surface area contributed by atoms with Gasteiger partial charge in [-0.1, -0.05) is 30.3 Å². The average molecular weight is 310 g/mol. The number of ether oxygens (including phenoxy) is 1. The van der Waals surface area contributed by atoms with Crippen LogP contribution in [0.15, 0.2) is 57.7 Å². The molecule has 2 heterocycles. The van der Waals surface area contributed by atoms with Crippen LogP contribution in [0.3, 0.4) is 0 Å². The quantitative estimate of drug-likeness (QED) is 0.511. The van der Waals surface area contributed by atoms with Gasteiger partial charge in [0.25, 0.3) is 0 Å². The Hall–Kier alpha value is -2.95. The SMILES string of the molecule is O=C1C[C@@H](c2ccccc2F)c2c(c3ccccc3oc2=O)O1. The second-order valence-electron chi connectivity index (χ2n) is 5.38. The van der Waals surface area contributed by atoms with E-state index in [0.29, 0.717) is 11.0 Å². The van der Waals surface area contributed by atoms with Crippen LogP contribution in [0.1, 0.15) is 23.5 Å². The van der Waals surface area contributed by atoms with Gasteiger partial charge in [-0.2, -0.15) is 0 Å². The van der Waals surface area contributed by atoms with Crippen LogP contribution in [-0.2, 0) is 4.79 Å². The molecular formula is C18H11FO4. The van der Waals surface area contributed by atoms with Gasteiger partial charge >= 0.3 is 11.6 Å². The minimum atomic E-state index is -0.715. The highest BCUT2D eigenvalue weighted by Crippen LogP contribution is 2.41. The number of benzene rings is 2. The molecule has 0 N–H and O–H groups in total. The van der Waals surface area contributed by atoms with Crippen molar-refractivity contribution in [3.8, 4) is 5.75 Å². The van der Waals surface area contributed by atoms with Gasteiger partial charge in [0.1, 0.15) is 11.4 Å². The molecular weight excluding hydrogens is 299 g/mol. The lowest BCUT2D eigenvalue weighted by Gasteiger charge is -2.24. The topological polar surface area (TPSA) is 56.5 Å².